The van der Waals surface area contributed by atoms with Gasteiger partial charge in [0.2, 0.25) is 0 Å². The van der Waals surface area contributed by atoms with E-state index >= 15 is 0 Å². The molecule has 0 unspecified atom stereocenters. The largest absolute Gasteiger partial charge is 0.573 e. The SMILES string of the molecule is C=C.C=O.Cc1ccccc1OC(F)(F)F. The Hall–Kier alpha value is -1.78. The molecule has 0 atom stereocenters. The van der Waals surface area contributed by atoms with Crippen LogP contribution >= 0.6 is 0 Å². The van der Waals surface area contributed by atoms with Gasteiger partial charge in [-0.3, -0.25) is 0 Å². The summed E-state index contributed by atoms with van der Waals surface area (Å²) in [6.45, 7) is 9.56. The third-order valence-electron chi connectivity index (χ3n) is 1.32. The highest BCUT2D eigenvalue weighted by molar-refractivity contribution is 5.31. The second-order valence-corrected chi connectivity index (χ2v) is 2.31. The van der Waals surface area contributed by atoms with Crippen molar-refractivity contribution in [2.45, 2.75) is 13.3 Å². The Morgan fingerprint density at radius 3 is 1.94 bits per heavy atom. The van der Waals surface area contributed by atoms with Crippen LogP contribution in [-0.4, -0.2) is 13.2 Å². The van der Waals surface area contributed by atoms with E-state index in [-0.39, 0.29) is 5.75 Å². The van der Waals surface area contributed by atoms with Crippen LogP contribution in [-0.2, 0) is 4.79 Å². The van der Waals surface area contributed by atoms with E-state index < -0.39 is 6.36 Å². The van der Waals surface area contributed by atoms with E-state index in [0.29, 0.717) is 5.56 Å². The van der Waals surface area contributed by atoms with Gasteiger partial charge in [-0.1, -0.05) is 18.2 Å². The Morgan fingerprint density at radius 2 is 1.56 bits per heavy atom. The van der Waals surface area contributed by atoms with Gasteiger partial charge in [-0.25, -0.2) is 0 Å². The normalized spacial score (nSPS) is 9.00. The van der Waals surface area contributed by atoms with Crippen LogP contribution in [0.25, 0.3) is 0 Å². The molecule has 0 saturated carbocycles. The van der Waals surface area contributed by atoms with Crippen LogP contribution in [0.2, 0.25) is 0 Å². The minimum absolute atomic E-state index is 0.148. The Labute approximate surface area is 92.3 Å². The highest BCUT2D eigenvalue weighted by Gasteiger charge is 2.31. The summed E-state index contributed by atoms with van der Waals surface area (Å²) in [6, 6.07) is 5.98. The molecule has 0 bridgehead atoms. The molecule has 1 rings (SSSR count). The molecule has 0 radical (unpaired) electrons. The van der Waals surface area contributed by atoms with E-state index in [1.165, 1.54) is 12.1 Å². The first-order valence-electron chi connectivity index (χ1n) is 4.09. The van der Waals surface area contributed by atoms with E-state index in [0.717, 1.165) is 0 Å². The van der Waals surface area contributed by atoms with Gasteiger partial charge in [0, 0.05) is 0 Å². The molecule has 2 nitrogen and oxygen atoms in total. The second kappa shape index (κ2) is 8.52. The molecule has 0 amide bonds. The second-order valence-electron chi connectivity index (χ2n) is 2.31. The predicted octanol–water partition coefficient (Wildman–Crippen LogP) is 3.51. The number of carbonyl (C=O) groups excluding carboxylic acids is 1. The number of rotatable bonds is 1. The molecular weight excluding hydrogens is 221 g/mol. The van der Waals surface area contributed by atoms with Crippen LogP contribution in [0.15, 0.2) is 37.4 Å². The number of aryl methyl sites for hydroxylation is 1. The molecule has 90 valence electrons. The number of ether oxygens (including phenoxy) is 1. The fourth-order valence-electron chi connectivity index (χ4n) is 0.796. The minimum atomic E-state index is -4.61. The highest BCUT2D eigenvalue weighted by atomic mass is 19.4. The number of alkyl halides is 3. The number of benzene rings is 1. The van der Waals surface area contributed by atoms with Gasteiger partial charge in [0.1, 0.15) is 12.5 Å². The first kappa shape index (κ1) is 16.6. The quantitative estimate of drug-likeness (QED) is 0.695. The topological polar surface area (TPSA) is 26.3 Å². The van der Waals surface area contributed by atoms with Crippen molar-refractivity contribution >= 4 is 6.79 Å². The van der Waals surface area contributed by atoms with Gasteiger partial charge in [-0.2, -0.15) is 0 Å². The maximum atomic E-state index is 11.7. The number of hydrogen-bond acceptors (Lipinski definition) is 2. The summed E-state index contributed by atoms with van der Waals surface area (Å²) < 4.78 is 38.8. The summed E-state index contributed by atoms with van der Waals surface area (Å²) in [5.74, 6) is -0.148. The van der Waals surface area contributed by atoms with Crippen LogP contribution in [0.5, 0.6) is 5.75 Å². The lowest BCUT2D eigenvalue weighted by molar-refractivity contribution is -0.274. The lowest BCUT2D eigenvalue weighted by Gasteiger charge is -2.10. The van der Waals surface area contributed by atoms with Crippen molar-refractivity contribution in [3.8, 4) is 5.75 Å². The summed E-state index contributed by atoms with van der Waals surface area (Å²) in [5.41, 5.74) is 0.467. The number of hydrogen-bond donors (Lipinski definition) is 0. The summed E-state index contributed by atoms with van der Waals surface area (Å²) in [6.07, 6.45) is -4.61. The third kappa shape index (κ3) is 7.61. The molecule has 0 aliphatic heterocycles. The zero-order valence-electron chi connectivity index (χ0n) is 8.88. The van der Waals surface area contributed by atoms with Crippen LogP contribution in [0, 0.1) is 6.92 Å². The van der Waals surface area contributed by atoms with Crippen LogP contribution < -0.4 is 4.74 Å². The van der Waals surface area contributed by atoms with Gasteiger partial charge < -0.3 is 9.53 Å². The standard InChI is InChI=1S/C8H7F3O.C2H4.CH2O/c1-6-4-2-3-5-7(6)12-8(9,10)11;2*1-2/h2-5H,1H3;1-2H2;1H2. The van der Waals surface area contributed by atoms with E-state index in [2.05, 4.69) is 17.9 Å². The van der Waals surface area contributed by atoms with Crippen molar-refractivity contribution in [1.29, 1.82) is 0 Å². The zero-order valence-corrected chi connectivity index (χ0v) is 8.88. The van der Waals surface area contributed by atoms with Gasteiger partial charge >= 0.3 is 6.36 Å². The molecule has 16 heavy (non-hydrogen) atoms. The van der Waals surface area contributed by atoms with Crippen molar-refractivity contribution in [3.05, 3.63) is 43.0 Å². The predicted molar refractivity (Wildman–Crippen MR) is 56.2 cm³/mol. The Morgan fingerprint density at radius 1 is 1.12 bits per heavy atom. The maximum absolute atomic E-state index is 11.7. The fraction of sp³-hybridized carbons (Fsp3) is 0.182. The van der Waals surface area contributed by atoms with E-state index in [1.54, 1.807) is 19.1 Å². The molecular formula is C11H13F3O2. The molecule has 0 aromatic heterocycles. The first-order valence-corrected chi connectivity index (χ1v) is 4.09. The lowest BCUT2D eigenvalue weighted by Crippen LogP contribution is -2.17. The van der Waals surface area contributed by atoms with E-state index in [4.69, 9.17) is 4.79 Å². The molecule has 1 aromatic carbocycles. The summed E-state index contributed by atoms with van der Waals surface area (Å²) in [4.78, 5) is 8.00. The zero-order chi connectivity index (χ0) is 13.2. The van der Waals surface area contributed by atoms with Crippen LogP contribution in [0.3, 0.4) is 0 Å². The van der Waals surface area contributed by atoms with Crippen molar-refractivity contribution < 1.29 is 22.7 Å². The Balaban J connectivity index is 0. The highest BCUT2D eigenvalue weighted by Crippen LogP contribution is 2.25. The molecule has 5 heteroatoms. The van der Waals surface area contributed by atoms with Crippen LogP contribution in [0.1, 0.15) is 5.56 Å². The number of para-hydroxylation sites is 1. The fourth-order valence-corrected chi connectivity index (χ4v) is 0.796. The van der Waals surface area contributed by atoms with Gasteiger partial charge in [0.25, 0.3) is 0 Å². The Kier molecular flexibility index (Phi) is 8.86. The molecule has 0 heterocycles. The molecule has 1 aromatic rings. The summed E-state index contributed by atoms with van der Waals surface area (Å²) in [7, 11) is 0. The molecule has 0 aliphatic carbocycles. The maximum Gasteiger partial charge on any atom is 0.573 e. The van der Waals surface area contributed by atoms with Crippen molar-refractivity contribution in [1.82, 2.24) is 0 Å². The van der Waals surface area contributed by atoms with Crippen molar-refractivity contribution in [2.24, 2.45) is 0 Å². The smallest absolute Gasteiger partial charge is 0.406 e. The van der Waals surface area contributed by atoms with Gasteiger partial charge in [-0.05, 0) is 18.6 Å². The van der Waals surface area contributed by atoms with Gasteiger partial charge in [-0.15, -0.1) is 26.3 Å². The molecule has 0 spiro atoms. The first-order chi connectivity index (χ1) is 7.49. The van der Waals surface area contributed by atoms with Crippen molar-refractivity contribution in [2.75, 3.05) is 0 Å². The molecule has 0 saturated heterocycles. The average Bonchev–Trinajstić information content (AvgIpc) is 2.26. The minimum Gasteiger partial charge on any atom is -0.406 e. The molecule has 0 N–H and O–H groups in total. The Bertz CT molecular complexity index is 296. The summed E-state index contributed by atoms with van der Waals surface area (Å²) in [5, 5.41) is 0. The summed E-state index contributed by atoms with van der Waals surface area (Å²) >= 11 is 0. The lowest BCUT2D eigenvalue weighted by atomic mass is 10.2. The van der Waals surface area contributed by atoms with Gasteiger partial charge in [0.15, 0.2) is 0 Å². The number of carbonyl (C=O) groups is 1. The van der Waals surface area contributed by atoms with Crippen molar-refractivity contribution in [3.63, 3.8) is 0 Å². The molecule has 0 fully saturated rings. The van der Waals surface area contributed by atoms with E-state index in [9.17, 15) is 13.2 Å². The van der Waals surface area contributed by atoms with E-state index in [1.807, 2.05) is 6.79 Å². The third-order valence-corrected chi connectivity index (χ3v) is 1.32. The average molecular weight is 234 g/mol. The monoisotopic (exact) mass is 234 g/mol. The van der Waals surface area contributed by atoms with Gasteiger partial charge in [0.05, 0.1) is 0 Å². The van der Waals surface area contributed by atoms with Crippen LogP contribution in [0.4, 0.5) is 13.2 Å². The number of halogens is 3. The molecule has 0 aliphatic rings.